The molecule has 112 valence electrons. The van der Waals surface area contributed by atoms with Gasteiger partial charge in [0, 0.05) is 18.4 Å². The Hall–Kier alpha value is -1.87. The molecule has 0 atom stereocenters. The Labute approximate surface area is 127 Å². The minimum absolute atomic E-state index is 0.125. The van der Waals surface area contributed by atoms with Crippen molar-refractivity contribution >= 4 is 11.5 Å². The minimum atomic E-state index is 0.125. The number of nitrogens with two attached hydrogens (primary N) is 1. The molecule has 3 heteroatoms. The Morgan fingerprint density at radius 1 is 1.05 bits per heavy atom. The number of para-hydroxylation sites is 1. The Balaban J connectivity index is 2.29. The van der Waals surface area contributed by atoms with Crippen LogP contribution in [0, 0.1) is 0 Å². The molecule has 21 heavy (non-hydrogen) atoms. The highest BCUT2D eigenvalue weighted by atomic mass is 15.2. The second kappa shape index (κ2) is 6.72. The van der Waals surface area contributed by atoms with Gasteiger partial charge in [-0.3, -0.25) is 0 Å². The summed E-state index contributed by atoms with van der Waals surface area (Å²) < 4.78 is 0. The molecule has 1 aromatic carbocycles. The van der Waals surface area contributed by atoms with Gasteiger partial charge in [0.25, 0.3) is 0 Å². The third-order valence-corrected chi connectivity index (χ3v) is 3.54. The molecule has 0 saturated carbocycles. The fourth-order valence-electron chi connectivity index (χ4n) is 2.22. The Morgan fingerprint density at radius 3 is 2.29 bits per heavy atom. The maximum Gasteiger partial charge on any atom is 0.132 e. The highest BCUT2D eigenvalue weighted by Crippen LogP contribution is 2.26. The lowest BCUT2D eigenvalue weighted by atomic mass is 9.88. The van der Waals surface area contributed by atoms with E-state index in [2.05, 4.69) is 54.9 Å². The molecular formula is C18H25N3. The number of nitrogens with zero attached hydrogens (tertiary/aromatic N) is 2. The van der Waals surface area contributed by atoms with Crippen LogP contribution in [0.1, 0.15) is 32.8 Å². The van der Waals surface area contributed by atoms with Crippen LogP contribution in [0.3, 0.4) is 0 Å². The van der Waals surface area contributed by atoms with Gasteiger partial charge < -0.3 is 10.6 Å². The van der Waals surface area contributed by atoms with E-state index in [-0.39, 0.29) is 5.41 Å². The van der Waals surface area contributed by atoms with Crippen LogP contribution in [0.4, 0.5) is 11.5 Å². The fourth-order valence-corrected chi connectivity index (χ4v) is 2.22. The number of pyridine rings is 1. The molecule has 2 N–H and O–H groups in total. The summed E-state index contributed by atoms with van der Waals surface area (Å²) in [6, 6.07) is 14.6. The van der Waals surface area contributed by atoms with Crippen LogP contribution < -0.4 is 10.6 Å². The summed E-state index contributed by atoms with van der Waals surface area (Å²) in [6.07, 6.45) is 2.92. The topological polar surface area (TPSA) is 42.1 Å². The smallest absolute Gasteiger partial charge is 0.132 e. The quantitative estimate of drug-likeness (QED) is 0.906. The number of rotatable bonds is 5. The maximum atomic E-state index is 5.67. The van der Waals surface area contributed by atoms with E-state index in [1.165, 1.54) is 5.56 Å². The average molecular weight is 283 g/mol. The minimum Gasteiger partial charge on any atom is -0.330 e. The van der Waals surface area contributed by atoms with Gasteiger partial charge in [-0.05, 0) is 42.1 Å². The van der Waals surface area contributed by atoms with Gasteiger partial charge in [0.1, 0.15) is 5.82 Å². The number of benzene rings is 1. The monoisotopic (exact) mass is 283 g/mol. The lowest BCUT2D eigenvalue weighted by molar-refractivity contribution is 0.587. The first-order valence-corrected chi connectivity index (χ1v) is 7.51. The molecule has 0 bridgehead atoms. The van der Waals surface area contributed by atoms with E-state index in [0.717, 1.165) is 24.5 Å². The van der Waals surface area contributed by atoms with Crippen LogP contribution >= 0.6 is 0 Å². The standard InChI is InChI=1S/C18H25N3/c1-18(2,3)15-10-11-17(20-14-15)21(13-7-12-19)16-8-5-4-6-9-16/h4-6,8-11,14H,7,12-13,19H2,1-3H3. The van der Waals surface area contributed by atoms with Gasteiger partial charge >= 0.3 is 0 Å². The maximum absolute atomic E-state index is 5.67. The second-order valence-electron chi connectivity index (χ2n) is 6.28. The lowest BCUT2D eigenvalue weighted by Crippen LogP contribution is -2.22. The van der Waals surface area contributed by atoms with Crippen molar-refractivity contribution in [3.8, 4) is 0 Å². The Bertz CT molecular complexity index is 541. The largest absolute Gasteiger partial charge is 0.330 e. The summed E-state index contributed by atoms with van der Waals surface area (Å²) in [7, 11) is 0. The molecule has 1 aromatic heterocycles. The molecule has 0 aliphatic heterocycles. The molecule has 2 aromatic rings. The molecule has 0 aliphatic carbocycles. The van der Waals surface area contributed by atoms with Gasteiger partial charge in [-0.1, -0.05) is 45.0 Å². The summed E-state index contributed by atoms with van der Waals surface area (Å²) in [5.41, 5.74) is 8.20. The third kappa shape index (κ3) is 4.05. The molecule has 0 fully saturated rings. The summed E-state index contributed by atoms with van der Waals surface area (Å²) in [5.74, 6) is 0.975. The van der Waals surface area contributed by atoms with Crippen molar-refractivity contribution in [2.75, 3.05) is 18.0 Å². The van der Waals surface area contributed by atoms with Crippen LogP contribution in [0.25, 0.3) is 0 Å². The Kier molecular flexibility index (Phi) is 4.97. The van der Waals surface area contributed by atoms with Crippen molar-refractivity contribution in [1.82, 2.24) is 4.98 Å². The van der Waals surface area contributed by atoms with Crippen LogP contribution in [0.15, 0.2) is 48.7 Å². The van der Waals surface area contributed by atoms with Gasteiger partial charge in [0.2, 0.25) is 0 Å². The highest BCUT2D eigenvalue weighted by Gasteiger charge is 2.15. The molecule has 0 amide bonds. The van der Waals surface area contributed by atoms with Crippen LogP contribution in [0.5, 0.6) is 0 Å². The summed E-state index contributed by atoms with van der Waals surface area (Å²) in [6.45, 7) is 8.17. The predicted molar refractivity (Wildman–Crippen MR) is 90.1 cm³/mol. The van der Waals surface area contributed by atoms with E-state index in [0.29, 0.717) is 6.54 Å². The first kappa shape index (κ1) is 15.5. The van der Waals surface area contributed by atoms with Gasteiger partial charge in [0.05, 0.1) is 0 Å². The molecule has 3 nitrogen and oxygen atoms in total. The third-order valence-electron chi connectivity index (χ3n) is 3.54. The summed E-state index contributed by atoms with van der Waals surface area (Å²) in [4.78, 5) is 6.88. The van der Waals surface area contributed by atoms with Crippen LogP contribution in [-0.2, 0) is 5.41 Å². The zero-order valence-corrected chi connectivity index (χ0v) is 13.2. The van der Waals surface area contributed by atoms with Gasteiger partial charge in [0.15, 0.2) is 0 Å². The molecule has 0 radical (unpaired) electrons. The highest BCUT2D eigenvalue weighted by molar-refractivity contribution is 5.59. The van der Waals surface area contributed by atoms with Crippen molar-refractivity contribution < 1.29 is 0 Å². The first-order chi connectivity index (χ1) is 10.0. The van der Waals surface area contributed by atoms with Crippen LogP contribution in [-0.4, -0.2) is 18.1 Å². The molecule has 2 rings (SSSR count). The SMILES string of the molecule is CC(C)(C)c1ccc(N(CCCN)c2ccccc2)nc1. The number of anilines is 2. The van der Waals surface area contributed by atoms with Crippen molar-refractivity contribution in [3.05, 3.63) is 54.2 Å². The first-order valence-electron chi connectivity index (χ1n) is 7.51. The molecule has 0 unspecified atom stereocenters. The van der Waals surface area contributed by atoms with Gasteiger partial charge in [-0.15, -0.1) is 0 Å². The molecular weight excluding hydrogens is 258 g/mol. The average Bonchev–Trinajstić information content (AvgIpc) is 2.48. The van der Waals surface area contributed by atoms with Crippen molar-refractivity contribution in [2.24, 2.45) is 5.73 Å². The molecule has 1 heterocycles. The van der Waals surface area contributed by atoms with Crippen molar-refractivity contribution in [2.45, 2.75) is 32.6 Å². The van der Waals surface area contributed by atoms with E-state index in [9.17, 15) is 0 Å². The molecule has 0 aliphatic rings. The summed E-state index contributed by atoms with van der Waals surface area (Å²) in [5, 5.41) is 0. The van der Waals surface area contributed by atoms with Gasteiger partial charge in [-0.2, -0.15) is 0 Å². The van der Waals surface area contributed by atoms with E-state index < -0.39 is 0 Å². The van der Waals surface area contributed by atoms with E-state index in [4.69, 9.17) is 5.73 Å². The Morgan fingerprint density at radius 2 is 1.76 bits per heavy atom. The lowest BCUT2D eigenvalue weighted by Gasteiger charge is -2.25. The van der Waals surface area contributed by atoms with Crippen molar-refractivity contribution in [1.29, 1.82) is 0 Å². The zero-order chi connectivity index (χ0) is 15.3. The predicted octanol–water partition coefficient (Wildman–Crippen LogP) is 3.87. The number of hydrogen-bond donors (Lipinski definition) is 1. The van der Waals surface area contributed by atoms with E-state index >= 15 is 0 Å². The molecule has 0 spiro atoms. The van der Waals surface area contributed by atoms with Gasteiger partial charge in [-0.25, -0.2) is 4.98 Å². The second-order valence-corrected chi connectivity index (χ2v) is 6.28. The van der Waals surface area contributed by atoms with E-state index in [1.54, 1.807) is 0 Å². The zero-order valence-electron chi connectivity index (χ0n) is 13.2. The summed E-state index contributed by atoms with van der Waals surface area (Å²) >= 11 is 0. The van der Waals surface area contributed by atoms with Crippen LogP contribution in [0.2, 0.25) is 0 Å². The molecule has 0 saturated heterocycles. The fraction of sp³-hybridized carbons (Fsp3) is 0.389. The number of aromatic nitrogens is 1. The van der Waals surface area contributed by atoms with E-state index in [1.807, 2.05) is 24.4 Å². The number of hydrogen-bond acceptors (Lipinski definition) is 3. The van der Waals surface area contributed by atoms with Crippen molar-refractivity contribution in [3.63, 3.8) is 0 Å². The normalized spacial score (nSPS) is 11.4.